The number of thiazole rings is 1. The van der Waals surface area contributed by atoms with Crippen molar-refractivity contribution in [2.45, 2.75) is 25.2 Å². The summed E-state index contributed by atoms with van der Waals surface area (Å²) in [4.78, 5) is 20.4. The topological polar surface area (TPSA) is 59.2 Å². The normalized spacial score (nSPS) is 18.0. The van der Waals surface area contributed by atoms with Crippen LogP contribution in [-0.4, -0.2) is 35.4 Å². The smallest absolute Gasteiger partial charge is 0.233 e. The third kappa shape index (κ3) is 4.75. The van der Waals surface area contributed by atoms with Crippen LogP contribution < -0.4 is 5.73 Å². The fourth-order valence-corrected chi connectivity index (χ4v) is 5.09. The predicted molar refractivity (Wildman–Crippen MR) is 125 cm³/mol. The highest BCUT2D eigenvalue weighted by atomic mass is 35.5. The van der Waals surface area contributed by atoms with Crippen LogP contribution in [0.15, 0.2) is 54.6 Å². The van der Waals surface area contributed by atoms with E-state index < -0.39 is 5.41 Å². The van der Waals surface area contributed by atoms with E-state index in [0.717, 1.165) is 35.6 Å². The number of hydrogen-bond acceptors (Lipinski definition) is 4. The molecule has 29 heavy (non-hydrogen) atoms. The number of carbonyl (C=O) groups excluding carboxylic acids is 1. The van der Waals surface area contributed by atoms with Crippen LogP contribution in [0.4, 0.5) is 0 Å². The highest BCUT2D eigenvalue weighted by Crippen LogP contribution is 2.35. The minimum absolute atomic E-state index is 0. The van der Waals surface area contributed by atoms with Crippen molar-refractivity contribution in [1.29, 1.82) is 0 Å². The van der Waals surface area contributed by atoms with Crippen molar-refractivity contribution in [2.24, 2.45) is 11.7 Å². The van der Waals surface area contributed by atoms with Gasteiger partial charge in [-0.15, -0.1) is 36.2 Å². The Kier molecular flexibility index (Phi) is 8.06. The third-order valence-corrected chi connectivity index (χ3v) is 6.67. The molecule has 4 nitrogen and oxygen atoms in total. The molecule has 4 rings (SSSR count). The van der Waals surface area contributed by atoms with Crippen molar-refractivity contribution in [3.63, 3.8) is 0 Å². The van der Waals surface area contributed by atoms with E-state index >= 15 is 0 Å². The molecule has 2 unspecified atom stereocenters. The fraction of sp³-hybridized carbons (Fsp3) is 0.364. The van der Waals surface area contributed by atoms with Crippen molar-refractivity contribution < 1.29 is 4.79 Å². The Bertz CT molecular complexity index is 916. The van der Waals surface area contributed by atoms with Gasteiger partial charge in [0.25, 0.3) is 0 Å². The Morgan fingerprint density at radius 2 is 1.86 bits per heavy atom. The molecule has 7 heteroatoms. The maximum Gasteiger partial charge on any atom is 0.233 e. The monoisotopic (exact) mass is 451 g/mol. The second kappa shape index (κ2) is 9.90. The molecule has 1 fully saturated rings. The molecule has 2 heterocycles. The van der Waals surface area contributed by atoms with Crippen molar-refractivity contribution in [3.8, 4) is 0 Å². The number of fused-ring (bicyclic) bond motifs is 1. The zero-order valence-corrected chi connectivity index (χ0v) is 18.9. The van der Waals surface area contributed by atoms with Crippen molar-refractivity contribution in [1.82, 2.24) is 9.88 Å². The van der Waals surface area contributed by atoms with E-state index in [9.17, 15) is 4.79 Å². The summed E-state index contributed by atoms with van der Waals surface area (Å²) >= 11 is 1.68. The van der Waals surface area contributed by atoms with Crippen molar-refractivity contribution in [2.75, 3.05) is 19.6 Å². The lowest BCUT2D eigenvalue weighted by Crippen LogP contribution is -2.45. The van der Waals surface area contributed by atoms with Gasteiger partial charge in [0.15, 0.2) is 0 Å². The second-order valence-electron chi connectivity index (χ2n) is 7.59. The first-order valence-corrected chi connectivity index (χ1v) is 10.3. The molecule has 0 bridgehead atoms. The number of rotatable bonds is 5. The molecule has 1 aliphatic heterocycles. The van der Waals surface area contributed by atoms with Crippen molar-refractivity contribution in [3.05, 3.63) is 65.2 Å². The number of benzene rings is 2. The summed E-state index contributed by atoms with van der Waals surface area (Å²) in [6.07, 6.45) is 1.60. The third-order valence-electron chi connectivity index (χ3n) is 5.63. The van der Waals surface area contributed by atoms with Crippen LogP contribution in [0.25, 0.3) is 10.2 Å². The number of halogens is 2. The summed E-state index contributed by atoms with van der Waals surface area (Å²) in [6.45, 7) is 4.26. The Labute approximate surface area is 188 Å². The molecule has 1 aromatic heterocycles. The molecule has 3 aromatic rings. The molecule has 0 radical (unpaired) electrons. The summed E-state index contributed by atoms with van der Waals surface area (Å²) < 4.78 is 1.17. The largest absolute Gasteiger partial charge is 0.342 e. The Balaban J connectivity index is 0.00000150. The van der Waals surface area contributed by atoms with E-state index in [2.05, 4.69) is 25.1 Å². The van der Waals surface area contributed by atoms with E-state index in [-0.39, 0.29) is 30.7 Å². The van der Waals surface area contributed by atoms with Crippen LogP contribution in [0.1, 0.15) is 23.9 Å². The molecule has 2 aromatic carbocycles. The SMILES string of the molecule is CC(Cc1nc2ccccc2s1)(C(=O)N1CCC(CN)C1)c1ccccc1.Cl.Cl. The highest BCUT2D eigenvalue weighted by Gasteiger charge is 2.41. The molecule has 1 saturated heterocycles. The summed E-state index contributed by atoms with van der Waals surface area (Å²) in [7, 11) is 0. The van der Waals surface area contributed by atoms with Gasteiger partial charge < -0.3 is 10.6 Å². The van der Waals surface area contributed by atoms with Crippen LogP contribution in [0.5, 0.6) is 0 Å². The van der Waals surface area contributed by atoms with E-state index in [1.54, 1.807) is 11.3 Å². The minimum atomic E-state index is -0.626. The van der Waals surface area contributed by atoms with Gasteiger partial charge >= 0.3 is 0 Å². The first-order chi connectivity index (χ1) is 13.1. The number of nitrogens with zero attached hydrogens (tertiary/aromatic N) is 2. The van der Waals surface area contributed by atoms with Gasteiger partial charge in [-0.05, 0) is 43.5 Å². The van der Waals surface area contributed by atoms with Gasteiger partial charge in [-0.3, -0.25) is 4.79 Å². The van der Waals surface area contributed by atoms with Crippen molar-refractivity contribution >= 4 is 52.3 Å². The molecule has 2 atom stereocenters. The van der Waals surface area contributed by atoms with Crippen LogP contribution in [-0.2, 0) is 16.6 Å². The second-order valence-corrected chi connectivity index (χ2v) is 8.71. The molecule has 2 N–H and O–H groups in total. The molecular weight excluding hydrogens is 425 g/mol. The maximum absolute atomic E-state index is 13.6. The highest BCUT2D eigenvalue weighted by molar-refractivity contribution is 7.18. The Morgan fingerprint density at radius 1 is 1.17 bits per heavy atom. The zero-order valence-electron chi connectivity index (χ0n) is 16.4. The van der Waals surface area contributed by atoms with E-state index in [1.165, 1.54) is 4.70 Å². The predicted octanol–water partition coefficient (Wildman–Crippen LogP) is 4.45. The van der Waals surface area contributed by atoms with Crippen LogP contribution in [0.2, 0.25) is 0 Å². The first-order valence-electron chi connectivity index (χ1n) is 9.49. The number of likely N-dealkylation sites (tertiary alicyclic amines) is 1. The quantitative estimate of drug-likeness (QED) is 0.623. The van der Waals surface area contributed by atoms with Gasteiger partial charge in [0.05, 0.1) is 20.6 Å². The molecule has 156 valence electrons. The van der Waals surface area contributed by atoms with Gasteiger partial charge in [0.1, 0.15) is 0 Å². The summed E-state index contributed by atoms with van der Waals surface area (Å²) in [5.41, 5.74) is 7.26. The maximum atomic E-state index is 13.6. The molecular formula is C22H27Cl2N3OS. The minimum Gasteiger partial charge on any atom is -0.342 e. The molecule has 0 spiro atoms. The Hall–Kier alpha value is -1.66. The van der Waals surface area contributed by atoms with Crippen LogP contribution in [0, 0.1) is 5.92 Å². The van der Waals surface area contributed by atoms with Gasteiger partial charge in [-0.25, -0.2) is 4.98 Å². The number of amides is 1. The summed E-state index contributed by atoms with van der Waals surface area (Å²) in [6, 6.07) is 18.3. The number of para-hydroxylation sites is 1. The molecule has 0 saturated carbocycles. The van der Waals surface area contributed by atoms with E-state index in [1.807, 2.05) is 41.3 Å². The molecule has 1 amide bonds. The lowest BCUT2D eigenvalue weighted by molar-refractivity contribution is -0.136. The van der Waals surface area contributed by atoms with Crippen LogP contribution in [0.3, 0.4) is 0 Å². The number of nitrogens with two attached hydrogens (primary N) is 1. The standard InChI is InChI=1S/C22H25N3OS.2ClH/c1-22(17-7-3-2-4-8-17,21(26)25-12-11-16(14-23)15-25)13-20-24-18-9-5-6-10-19(18)27-20;;/h2-10,16H,11-15,23H2,1H3;2*1H. The van der Waals surface area contributed by atoms with Gasteiger partial charge in [0, 0.05) is 19.5 Å². The van der Waals surface area contributed by atoms with E-state index in [4.69, 9.17) is 10.7 Å². The van der Waals surface area contributed by atoms with E-state index in [0.29, 0.717) is 18.9 Å². The molecule has 1 aliphatic rings. The number of carbonyl (C=O) groups is 1. The van der Waals surface area contributed by atoms with Gasteiger partial charge in [0.2, 0.25) is 5.91 Å². The van der Waals surface area contributed by atoms with Gasteiger partial charge in [-0.2, -0.15) is 0 Å². The first kappa shape index (κ1) is 23.6. The number of hydrogen-bond donors (Lipinski definition) is 1. The molecule has 0 aliphatic carbocycles. The average Bonchev–Trinajstić information content (AvgIpc) is 3.34. The number of aromatic nitrogens is 1. The van der Waals surface area contributed by atoms with Gasteiger partial charge in [-0.1, -0.05) is 42.5 Å². The lowest BCUT2D eigenvalue weighted by atomic mass is 9.78. The fourth-order valence-electron chi connectivity index (χ4n) is 3.96. The van der Waals surface area contributed by atoms with Crippen LogP contribution >= 0.6 is 36.2 Å². The zero-order chi connectivity index (χ0) is 18.9. The lowest BCUT2D eigenvalue weighted by Gasteiger charge is -2.33. The summed E-state index contributed by atoms with van der Waals surface area (Å²) in [5, 5.41) is 1.01. The summed E-state index contributed by atoms with van der Waals surface area (Å²) in [5.74, 6) is 0.598. The average molecular weight is 452 g/mol. The Morgan fingerprint density at radius 3 is 2.52 bits per heavy atom.